The minimum Gasteiger partial charge on any atom is -0.456 e. The maximum Gasteiger partial charge on any atom is 0.227 e. The van der Waals surface area contributed by atoms with Crippen molar-refractivity contribution in [3.63, 3.8) is 0 Å². The summed E-state index contributed by atoms with van der Waals surface area (Å²) in [6, 6.07) is 53.1. The van der Waals surface area contributed by atoms with Crippen LogP contribution in [-0.4, -0.2) is 29.9 Å². The molecule has 0 atom stereocenters. The highest BCUT2D eigenvalue weighted by molar-refractivity contribution is 6.16. The van der Waals surface area contributed by atoms with Gasteiger partial charge in [0.1, 0.15) is 16.7 Å². The molecule has 0 bridgehead atoms. The van der Waals surface area contributed by atoms with Gasteiger partial charge in [-0.3, -0.25) is 9.97 Å². The Kier molecular flexibility index (Phi) is 7.06. The van der Waals surface area contributed by atoms with Crippen LogP contribution in [0.15, 0.2) is 179 Å². The minimum absolute atomic E-state index is 0.567. The molecule has 0 aliphatic heterocycles. The molecule has 0 fully saturated rings. The van der Waals surface area contributed by atoms with E-state index in [1.54, 1.807) is 12.4 Å². The number of rotatable bonds is 5. The van der Waals surface area contributed by atoms with Crippen molar-refractivity contribution < 1.29 is 8.83 Å². The number of para-hydroxylation sites is 1. The smallest absolute Gasteiger partial charge is 0.227 e. The van der Waals surface area contributed by atoms with Gasteiger partial charge >= 0.3 is 0 Å². The number of pyridine rings is 2. The number of fused-ring (bicyclic) bond motifs is 9. The van der Waals surface area contributed by atoms with Crippen molar-refractivity contribution >= 4 is 65.6 Å². The second kappa shape index (κ2) is 12.7. The number of hydrogen-bond acceptors (Lipinski definition) is 8. The molecule has 8 heteroatoms. The maximum atomic E-state index is 6.58. The van der Waals surface area contributed by atoms with Crippen LogP contribution in [0.25, 0.3) is 122 Å². The Labute approximate surface area is 330 Å². The SMILES string of the molecule is c1ccc(-c2nc(-c3ccc(-c4ccc(-c5nc6ccc7oc8ccccc8c7c6o5)c5ccccc45)cc3)nc(-c3ccnc4c3ccc3cccnc34)n2)cc1. The van der Waals surface area contributed by atoms with Crippen molar-refractivity contribution in [2.45, 2.75) is 0 Å². The van der Waals surface area contributed by atoms with Crippen LogP contribution in [-0.2, 0) is 0 Å². The molecule has 0 spiro atoms. The first-order valence-corrected chi connectivity index (χ1v) is 19.0. The Balaban J connectivity index is 0.955. The van der Waals surface area contributed by atoms with Gasteiger partial charge in [0.05, 0.1) is 16.4 Å². The zero-order chi connectivity index (χ0) is 38.2. The lowest BCUT2D eigenvalue weighted by atomic mass is 9.94. The first kappa shape index (κ1) is 32.2. The van der Waals surface area contributed by atoms with Crippen molar-refractivity contribution in [1.82, 2.24) is 29.9 Å². The van der Waals surface area contributed by atoms with Crippen LogP contribution in [0, 0.1) is 0 Å². The van der Waals surface area contributed by atoms with E-state index < -0.39 is 0 Å². The molecule has 0 aliphatic carbocycles. The van der Waals surface area contributed by atoms with Gasteiger partial charge in [-0.1, -0.05) is 121 Å². The zero-order valence-electron chi connectivity index (χ0n) is 30.7. The van der Waals surface area contributed by atoms with E-state index in [1.807, 2.05) is 78.9 Å². The highest BCUT2D eigenvalue weighted by atomic mass is 16.4. The van der Waals surface area contributed by atoms with Crippen LogP contribution in [0.2, 0.25) is 0 Å². The fourth-order valence-electron chi connectivity index (χ4n) is 8.14. The van der Waals surface area contributed by atoms with Gasteiger partial charge in [-0.25, -0.2) is 19.9 Å². The van der Waals surface area contributed by atoms with E-state index in [0.29, 0.717) is 23.4 Å². The number of aromatic nitrogens is 6. The highest BCUT2D eigenvalue weighted by Gasteiger charge is 2.20. The Bertz CT molecular complexity index is 3580. The minimum atomic E-state index is 0.567. The number of oxazole rings is 1. The molecule has 58 heavy (non-hydrogen) atoms. The lowest BCUT2D eigenvalue weighted by Gasteiger charge is -2.12. The first-order valence-electron chi connectivity index (χ1n) is 19.0. The number of furan rings is 1. The molecule has 0 saturated carbocycles. The molecule has 0 saturated heterocycles. The lowest BCUT2D eigenvalue weighted by molar-refractivity contribution is 0.623. The summed E-state index contributed by atoms with van der Waals surface area (Å²) in [5.41, 5.74) is 10.5. The van der Waals surface area contributed by atoms with E-state index in [9.17, 15) is 0 Å². The van der Waals surface area contributed by atoms with E-state index in [1.165, 1.54) is 0 Å². The second-order valence-corrected chi connectivity index (χ2v) is 14.3. The van der Waals surface area contributed by atoms with Gasteiger partial charge in [0, 0.05) is 50.8 Å². The summed E-state index contributed by atoms with van der Waals surface area (Å²) in [5.74, 6) is 2.31. The molecular formula is C50H28N6O2. The predicted octanol–water partition coefficient (Wildman–Crippen LogP) is 12.5. The Hall–Kier alpha value is -8.10. The van der Waals surface area contributed by atoms with Crippen LogP contribution in [0.1, 0.15) is 0 Å². The molecule has 0 N–H and O–H groups in total. The molecule has 0 amide bonds. The van der Waals surface area contributed by atoms with Crippen molar-refractivity contribution in [3.8, 4) is 56.7 Å². The largest absolute Gasteiger partial charge is 0.456 e. The molecule has 5 heterocycles. The molecule has 0 unspecified atom stereocenters. The average molecular weight is 745 g/mol. The topological polar surface area (TPSA) is 104 Å². The zero-order valence-corrected chi connectivity index (χ0v) is 30.7. The number of benzene rings is 7. The molecule has 5 aromatic heterocycles. The maximum absolute atomic E-state index is 6.58. The quantitative estimate of drug-likeness (QED) is 0.160. The van der Waals surface area contributed by atoms with Gasteiger partial charge in [0.15, 0.2) is 23.1 Å². The molecule has 270 valence electrons. The summed E-state index contributed by atoms with van der Waals surface area (Å²) in [7, 11) is 0. The second-order valence-electron chi connectivity index (χ2n) is 14.3. The van der Waals surface area contributed by atoms with Crippen LogP contribution < -0.4 is 0 Å². The third-order valence-electron chi connectivity index (χ3n) is 10.9. The van der Waals surface area contributed by atoms with E-state index in [2.05, 4.69) is 83.8 Å². The summed E-state index contributed by atoms with van der Waals surface area (Å²) in [4.78, 5) is 29.4. The van der Waals surface area contributed by atoms with Crippen LogP contribution in [0.5, 0.6) is 0 Å². The fraction of sp³-hybridized carbons (Fsp3) is 0. The van der Waals surface area contributed by atoms with Crippen molar-refractivity contribution in [3.05, 3.63) is 170 Å². The van der Waals surface area contributed by atoms with Gasteiger partial charge in [0.2, 0.25) is 5.89 Å². The molecule has 12 rings (SSSR count). The molecule has 7 aromatic carbocycles. The van der Waals surface area contributed by atoms with E-state index in [0.717, 1.165) is 99.0 Å². The van der Waals surface area contributed by atoms with Gasteiger partial charge < -0.3 is 8.83 Å². The summed E-state index contributed by atoms with van der Waals surface area (Å²) in [5, 5.41) is 6.04. The monoisotopic (exact) mass is 744 g/mol. The summed E-state index contributed by atoms with van der Waals surface area (Å²) >= 11 is 0. The van der Waals surface area contributed by atoms with Crippen LogP contribution in [0.4, 0.5) is 0 Å². The Morgan fingerprint density at radius 3 is 1.90 bits per heavy atom. The standard InChI is InChI=1S/C50H28N6O2/c1-2-9-31(10-3-1)47-54-48(56-49(55-47)37-26-28-52-45-36(37)21-20-30-11-8-27-51-44(30)45)32-18-16-29(17-19-32)33-22-23-38(35-13-5-4-12-34(33)35)50-53-40-24-25-42-43(46(40)58-50)39-14-6-7-15-41(39)57-42/h1-28H. The molecular weight excluding hydrogens is 717 g/mol. The van der Waals surface area contributed by atoms with E-state index in [-0.39, 0.29) is 0 Å². The fourth-order valence-corrected chi connectivity index (χ4v) is 8.14. The molecule has 0 radical (unpaired) electrons. The summed E-state index contributed by atoms with van der Waals surface area (Å²) in [6.07, 6.45) is 3.59. The Morgan fingerprint density at radius 2 is 1.05 bits per heavy atom. The van der Waals surface area contributed by atoms with Crippen LogP contribution >= 0.6 is 0 Å². The van der Waals surface area contributed by atoms with E-state index >= 15 is 0 Å². The van der Waals surface area contributed by atoms with E-state index in [4.69, 9.17) is 33.8 Å². The third kappa shape index (κ3) is 5.09. The van der Waals surface area contributed by atoms with Crippen molar-refractivity contribution in [1.29, 1.82) is 0 Å². The molecule has 8 nitrogen and oxygen atoms in total. The van der Waals surface area contributed by atoms with Gasteiger partial charge in [-0.2, -0.15) is 0 Å². The Morgan fingerprint density at radius 1 is 0.362 bits per heavy atom. The third-order valence-corrected chi connectivity index (χ3v) is 10.9. The van der Waals surface area contributed by atoms with Crippen LogP contribution in [0.3, 0.4) is 0 Å². The summed E-state index contributed by atoms with van der Waals surface area (Å²) in [6.45, 7) is 0. The lowest BCUT2D eigenvalue weighted by Crippen LogP contribution is -2.01. The van der Waals surface area contributed by atoms with Crippen molar-refractivity contribution in [2.24, 2.45) is 0 Å². The average Bonchev–Trinajstić information content (AvgIpc) is 3.90. The number of hydrogen-bond donors (Lipinski definition) is 0. The highest BCUT2D eigenvalue weighted by Crippen LogP contribution is 2.40. The molecule has 0 aliphatic rings. The normalized spacial score (nSPS) is 11.8. The van der Waals surface area contributed by atoms with Gasteiger partial charge in [0.25, 0.3) is 0 Å². The van der Waals surface area contributed by atoms with Gasteiger partial charge in [-0.05, 0) is 58.3 Å². The first-order chi connectivity index (χ1) is 28.7. The molecule has 12 aromatic rings. The predicted molar refractivity (Wildman–Crippen MR) is 230 cm³/mol. The number of nitrogens with zero attached hydrogens (tertiary/aromatic N) is 6. The van der Waals surface area contributed by atoms with Gasteiger partial charge in [-0.15, -0.1) is 0 Å². The van der Waals surface area contributed by atoms with Crippen molar-refractivity contribution in [2.75, 3.05) is 0 Å². The summed E-state index contributed by atoms with van der Waals surface area (Å²) < 4.78 is 12.7.